The van der Waals surface area contributed by atoms with Crippen LogP contribution in [0.25, 0.3) is 0 Å². The Bertz CT molecular complexity index is 677. The standard InChI is InChI=1S/C22H42O2.C9H12O4/c1-4-5-6-7-8-9-10-11-12-13-14-15-16-17-18-19-20-24-22(23)21(2)3;1-6(8(10)11)4-5-7(2)9(12)13-3/h2,4-20H2,1,3H3;4H,2,5H2,1,3H3,(H,10,11). The van der Waals surface area contributed by atoms with Crippen molar-refractivity contribution in [1.29, 1.82) is 0 Å². The lowest BCUT2D eigenvalue weighted by Crippen LogP contribution is -2.05. The summed E-state index contributed by atoms with van der Waals surface area (Å²) in [6, 6.07) is 0. The van der Waals surface area contributed by atoms with Gasteiger partial charge in [0.15, 0.2) is 0 Å². The number of carboxylic acids is 1. The van der Waals surface area contributed by atoms with Gasteiger partial charge in [0.1, 0.15) is 0 Å². The van der Waals surface area contributed by atoms with Crippen LogP contribution in [0.3, 0.4) is 0 Å². The van der Waals surface area contributed by atoms with Crippen molar-refractivity contribution < 1.29 is 29.0 Å². The van der Waals surface area contributed by atoms with Crippen LogP contribution in [0.5, 0.6) is 0 Å². The molecule has 0 heterocycles. The van der Waals surface area contributed by atoms with E-state index in [2.05, 4.69) is 24.8 Å². The smallest absolute Gasteiger partial charge is 0.333 e. The van der Waals surface area contributed by atoms with Gasteiger partial charge in [-0.3, -0.25) is 0 Å². The molecule has 214 valence electrons. The summed E-state index contributed by atoms with van der Waals surface area (Å²) in [5.41, 5.74) is 0.916. The Morgan fingerprint density at radius 2 is 1.11 bits per heavy atom. The maximum atomic E-state index is 11.2. The Hall–Kier alpha value is -2.37. The lowest BCUT2D eigenvalue weighted by Gasteiger charge is -2.05. The highest BCUT2D eigenvalue weighted by molar-refractivity contribution is 5.89. The zero-order chi connectivity index (χ0) is 28.3. The molecule has 0 aromatic heterocycles. The van der Waals surface area contributed by atoms with Gasteiger partial charge in [-0.25, -0.2) is 14.4 Å². The van der Waals surface area contributed by atoms with Crippen molar-refractivity contribution in [3.63, 3.8) is 0 Å². The summed E-state index contributed by atoms with van der Waals surface area (Å²) in [5, 5.41) is 8.48. The molecule has 0 aliphatic rings. The molecule has 0 saturated carbocycles. The zero-order valence-electron chi connectivity index (χ0n) is 24.2. The maximum Gasteiger partial charge on any atom is 0.333 e. The van der Waals surface area contributed by atoms with Crippen LogP contribution < -0.4 is 0 Å². The number of ether oxygens (including phenoxy) is 2. The van der Waals surface area contributed by atoms with Crippen LogP contribution in [0.4, 0.5) is 0 Å². The first-order chi connectivity index (χ1) is 17.7. The second kappa shape index (κ2) is 26.7. The van der Waals surface area contributed by atoms with E-state index in [0.717, 1.165) is 6.42 Å². The number of allylic oxidation sites excluding steroid dienone is 1. The Morgan fingerprint density at radius 3 is 1.46 bits per heavy atom. The Labute approximate surface area is 226 Å². The summed E-state index contributed by atoms with van der Waals surface area (Å²) < 4.78 is 9.47. The SMILES string of the molecule is C=C(C)C(=O)OCCCCCCCCCCCCCCCCCC.C=C(CC=C(C)C(=O)O)C(=O)OC. The van der Waals surface area contributed by atoms with Crippen LogP contribution in [-0.4, -0.2) is 36.7 Å². The van der Waals surface area contributed by atoms with Crippen LogP contribution in [0.15, 0.2) is 36.0 Å². The van der Waals surface area contributed by atoms with E-state index in [-0.39, 0.29) is 23.5 Å². The first kappa shape index (κ1) is 36.8. The highest BCUT2D eigenvalue weighted by Gasteiger charge is 2.06. The van der Waals surface area contributed by atoms with Crippen LogP contribution in [0, 0.1) is 0 Å². The van der Waals surface area contributed by atoms with Gasteiger partial charge in [0, 0.05) is 16.7 Å². The molecule has 0 radical (unpaired) electrons. The third kappa shape index (κ3) is 26.5. The van der Waals surface area contributed by atoms with Crippen molar-refractivity contribution in [3.8, 4) is 0 Å². The first-order valence-corrected chi connectivity index (χ1v) is 14.2. The molecule has 0 aliphatic carbocycles. The van der Waals surface area contributed by atoms with E-state index in [1.54, 1.807) is 6.92 Å². The monoisotopic (exact) mass is 522 g/mol. The normalized spacial score (nSPS) is 10.8. The first-order valence-electron chi connectivity index (χ1n) is 14.2. The van der Waals surface area contributed by atoms with Crippen molar-refractivity contribution in [3.05, 3.63) is 36.0 Å². The fourth-order valence-corrected chi connectivity index (χ4v) is 3.53. The van der Waals surface area contributed by atoms with Gasteiger partial charge in [-0.2, -0.15) is 0 Å². The van der Waals surface area contributed by atoms with Gasteiger partial charge >= 0.3 is 17.9 Å². The van der Waals surface area contributed by atoms with E-state index >= 15 is 0 Å². The molecule has 0 aliphatic heterocycles. The molecule has 0 rings (SSSR count). The van der Waals surface area contributed by atoms with Gasteiger partial charge in [0.2, 0.25) is 0 Å². The number of rotatable bonds is 22. The van der Waals surface area contributed by atoms with Gasteiger partial charge < -0.3 is 14.6 Å². The van der Waals surface area contributed by atoms with E-state index in [1.807, 2.05) is 0 Å². The third-order valence-electron chi connectivity index (χ3n) is 6.05. The van der Waals surface area contributed by atoms with Gasteiger partial charge in [-0.15, -0.1) is 0 Å². The van der Waals surface area contributed by atoms with E-state index < -0.39 is 11.9 Å². The van der Waals surface area contributed by atoms with Crippen molar-refractivity contribution in [2.45, 2.75) is 130 Å². The topological polar surface area (TPSA) is 89.9 Å². The van der Waals surface area contributed by atoms with Gasteiger partial charge in [0.05, 0.1) is 13.7 Å². The summed E-state index contributed by atoms with van der Waals surface area (Å²) in [4.78, 5) is 32.3. The van der Waals surface area contributed by atoms with E-state index in [1.165, 1.54) is 116 Å². The molecule has 6 nitrogen and oxygen atoms in total. The Morgan fingerprint density at radius 1 is 0.703 bits per heavy atom. The maximum absolute atomic E-state index is 11.2. The minimum Gasteiger partial charge on any atom is -0.478 e. The predicted molar refractivity (Wildman–Crippen MR) is 152 cm³/mol. The number of methoxy groups -OCH3 is 1. The second-order valence-electron chi connectivity index (χ2n) is 9.71. The number of carbonyl (C=O) groups is 3. The predicted octanol–water partition coefficient (Wildman–Crippen LogP) is 8.50. The van der Waals surface area contributed by atoms with Crippen LogP contribution in [-0.2, 0) is 23.9 Å². The number of carboxylic acid groups (broad SMARTS) is 1. The lowest BCUT2D eigenvalue weighted by molar-refractivity contribution is -0.139. The van der Waals surface area contributed by atoms with Crippen molar-refractivity contribution in [2.75, 3.05) is 13.7 Å². The average molecular weight is 523 g/mol. The number of unbranched alkanes of at least 4 members (excludes halogenated alkanes) is 15. The van der Waals surface area contributed by atoms with Crippen LogP contribution in [0.1, 0.15) is 130 Å². The zero-order valence-corrected chi connectivity index (χ0v) is 24.2. The third-order valence-corrected chi connectivity index (χ3v) is 6.05. The van der Waals surface area contributed by atoms with Gasteiger partial charge in [-0.05, 0) is 26.7 Å². The summed E-state index contributed by atoms with van der Waals surface area (Å²) in [6.45, 7) is 13.0. The highest BCUT2D eigenvalue weighted by atomic mass is 16.5. The molecule has 0 spiro atoms. The molecule has 1 N–H and O–H groups in total. The molecule has 0 aromatic carbocycles. The molecule has 0 saturated heterocycles. The summed E-state index contributed by atoms with van der Waals surface area (Å²) in [7, 11) is 1.25. The molecule has 0 aromatic rings. The van der Waals surface area contributed by atoms with Gasteiger partial charge in [0.25, 0.3) is 0 Å². The van der Waals surface area contributed by atoms with E-state index in [0.29, 0.717) is 12.2 Å². The number of hydrogen-bond acceptors (Lipinski definition) is 5. The molecular formula is C31H54O6. The minimum atomic E-state index is -1.00. The fourth-order valence-electron chi connectivity index (χ4n) is 3.53. The quantitative estimate of drug-likeness (QED) is 0.0870. The van der Waals surface area contributed by atoms with Crippen LogP contribution in [0.2, 0.25) is 0 Å². The molecule has 0 unspecified atom stereocenters. The molecule has 0 amide bonds. The van der Waals surface area contributed by atoms with Crippen molar-refractivity contribution >= 4 is 17.9 Å². The highest BCUT2D eigenvalue weighted by Crippen LogP contribution is 2.13. The van der Waals surface area contributed by atoms with Gasteiger partial charge in [-0.1, -0.05) is 122 Å². The average Bonchev–Trinajstić information content (AvgIpc) is 2.88. The molecule has 37 heavy (non-hydrogen) atoms. The fraction of sp³-hybridized carbons (Fsp3) is 0.710. The molecule has 0 bridgehead atoms. The summed E-state index contributed by atoms with van der Waals surface area (Å²) in [5.74, 6) is -1.77. The number of aliphatic carboxylic acids is 1. The molecular weight excluding hydrogens is 468 g/mol. The summed E-state index contributed by atoms with van der Waals surface area (Å²) >= 11 is 0. The number of carbonyl (C=O) groups excluding carboxylic acids is 2. The Kier molecular flexibility index (Phi) is 26.5. The van der Waals surface area contributed by atoms with Crippen LogP contribution >= 0.6 is 0 Å². The minimum absolute atomic E-state index is 0.185. The van der Waals surface area contributed by atoms with Crippen molar-refractivity contribution in [1.82, 2.24) is 0 Å². The largest absolute Gasteiger partial charge is 0.478 e. The number of hydrogen-bond donors (Lipinski definition) is 1. The number of esters is 2. The van der Waals surface area contributed by atoms with E-state index in [4.69, 9.17) is 9.84 Å². The van der Waals surface area contributed by atoms with Crippen molar-refractivity contribution in [2.24, 2.45) is 0 Å². The summed E-state index contributed by atoms with van der Waals surface area (Å²) in [6.07, 6.45) is 23.4. The lowest BCUT2D eigenvalue weighted by atomic mass is 10.0. The molecule has 0 atom stereocenters. The Balaban J connectivity index is 0. The second-order valence-corrected chi connectivity index (χ2v) is 9.71. The molecule has 6 heteroatoms. The van der Waals surface area contributed by atoms with E-state index in [9.17, 15) is 14.4 Å². The molecule has 0 fully saturated rings.